The molecule has 3 N–H and O–H groups in total. The van der Waals surface area contributed by atoms with E-state index in [0.717, 1.165) is 29.9 Å². The van der Waals surface area contributed by atoms with E-state index in [1.165, 1.54) is 0 Å². The third kappa shape index (κ3) is 2.49. The molecule has 20 heavy (non-hydrogen) atoms. The van der Waals surface area contributed by atoms with Crippen LogP contribution in [0.4, 0.5) is 0 Å². The Balaban J connectivity index is 2.67. The molecule has 2 aromatic heterocycles. The summed E-state index contributed by atoms with van der Waals surface area (Å²) in [5, 5.41) is 16.5. The third-order valence-corrected chi connectivity index (χ3v) is 3.16. The summed E-state index contributed by atoms with van der Waals surface area (Å²) in [6.45, 7) is 6.02. The summed E-state index contributed by atoms with van der Waals surface area (Å²) in [5.74, 6) is 0.625. The molecule has 0 aromatic carbocycles. The van der Waals surface area contributed by atoms with Crippen molar-refractivity contribution in [1.82, 2.24) is 14.8 Å². The van der Waals surface area contributed by atoms with E-state index in [1.807, 2.05) is 13.0 Å². The number of oxime groups is 1. The number of amidine groups is 1. The van der Waals surface area contributed by atoms with Crippen LogP contribution in [-0.4, -0.2) is 25.8 Å². The lowest BCUT2D eigenvalue weighted by Crippen LogP contribution is -2.19. The molecule has 0 saturated heterocycles. The van der Waals surface area contributed by atoms with Crippen molar-refractivity contribution >= 4 is 5.84 Å². The molecule has 0 bridgehead atoms. The second-order valence-electron chi connectivity index (χ2n) is 4.55. The molecule has 0 spiro atoms. The van der Waals surface area contributed by atoms with Crippen LogP contribution in [-0.2, 0) is 12.8 Å². The van der Waals surface area contributed by atoms with Crippen LogP contribution in [0.5, 0.6) is 0 Å². The van der Waals surface area contributed by atoms with Gasteiger partial charge in [-0.15, -0.1) is 0 Å². The third-order valence-electron chi connectivity index (χ3n) is 3.16. The summed E-state index contributed by atoms with van der Waals surface area (Å²) in [6, 6.07) is 5.67. The van der Waals surface area contributed by atoms with E-state index < -0.39 is 0 Å². The number of hydrogen-bond acceptors (Lipinski definition) is 4. The molecule has 0 amide bonds. The van der Waals surface area contributed by atoms with Crippen LogP contribution in [0.15, 0.2) is 23.4 Å². The van der Waals surface area contributed by atoms with Crippen molar-refractivity contribution in [2.24, 2.45) is 10.9 Å². The van der Waals surface area contributed by atoms with Gasteiger partial charge in [0.15, 0.2) is 11.7 Å². The Hall–Kier alpha value is -2.37. The Kier molecular flexibility index (Phi) is 4.02. The summed E-state index contributed by atoms with van der Waals surface area (Å²) in [4.78, 5) is 4.50. The average molecular weight is 273 g/mol. The molecule has 2 heterocycles. The standard InChI is InChI=1S/C14H19N5O/c1-4-10-8-11(5-2)19(17-10)14-12(13(15)18-20)7-6-9(3)16-14/h6-8,20H,4-5H2,1-3H3,(H2,15,18). The lowest BCUT2D eigenvalue weighted by molar-refractivity contribution is 0.318. The van der Waals surface area contributed by atoms with Crippen LogP contribution in [0, 0.1) is 6.92 Å². The molecule has 0 saturated carbocycles. The van der Waals surface area contributed by atoms with Crippen LogP contribution in [0.25, 0.3) is 5.82 Å². The maximum atomic E-state index is 8.91. The Morgan fingerprint density at radius 1 is 1.35 bits per heavy atom. The minimum absolute atomic E-state index is 0.0306. The van der Waals surface area contributed by atoms with Gasteiger partial charge in [0.1, 0.15) is 0 Å². The first-order valence-corrected chi connectivity index (χ1v) is 6.64. The van der Waals surface area contributed by atoms with Gasteiger partial charge in [-0.2, -0.15) is 5.10 Å². The molecule has 6 nitrogen and oxygen atoms in total. The summed E-state index contributed by atoms with van der Waals surface area (Å²) in [5.41, 5.74) is 9.20. The maximum absolute atomic E-state index is 8.91. The molecular formula is C14H19N5O. The lowest BCUT2D eigenvalue weighted by atomic mass is 10.2. The van der Waals surface area contributed by atoms with Gasteiger partial charge in [0.05, 0.1) is 11.3 Å². The molecule has 6 heteroatoms. The van der Waals surface area contributed by atoms with Crippen molar-refractivity contribution in [3.8, 4) is 5.82 Å². The summed E-state index contributed by atoms with van der Waals surface area (Å²) in [7, 11) is 0. The van der Waals surface area contributed by atoms with Crippen molar-refractivity contribution in [1.29, 1.82) is 0 Å². The first kappa shape index (κ1) is 14.0. The number of aryl methyl sites for hydroxylation is 3. The monoisotopic (exact) mass is 273 g/mol. The highest BCUT2D eigenvalue weighted by Crippen LogP contribution is 2.17. The van der Waals surface area contributed by atoms with E-state index in [-0.39, 0.29) is 5.84 Å². The molecule has 2 aromatic rings. The summed E-state index contributed by atoms with van der Waals surface area (Å²) in [6.07, 6.45) is 1.68. The van der Waals surface area contributed by atoms with Gasteiger partial charge in [0, 0.05) is 11.4 Å². The van der Waals surface area contributed by atoms with Crippen molar-refractivity contribution in [3.05, 3.63) is 40.8 Å². The van der Waals surface area contributed by atoms with Crippen LogP contribution < -0.4 is 5.73 Å². The van der Waals surface area contributed by atoms with Crippen molar-refractivity contribution in [2.75, 3.05) is 0 Å². The van der Waals surface area contributed by atoms with Gasteiger partial charge >= 0.3 is 0 Å². The predicted octanol–water partition coefficient (Wildman–Crippen LogP) is 1.80. The van der Waals surface area contributed by atoms with E-state index in [0.29, 0.717) is 11.4 Å². The molecule has 0 radical (unpaired) electrons. The van der Waals surface area contributed by atoms with Crippen molar-refractivity contribution in [2.45, 2.75) is 33.6 Å². The lowest BCUT2D eigenvalue weighted by Gasteiger charge is -2.10. The maximum Gasteiger partial charge on any atom is 0.173 e. The van der Waals surface area contributed by atoms with Gasteiger partial charge in [0.2, 0.25) is 0 Å². The van der Waals surface area contributed by atoms with E-state index in [2.05, 4.69) is 35.2 Å². The molecular weight excluding hydrogens is 254 g/mol. The van der Waals surface area contributed by atoms with E-state index >= 15 is 0 Å². The minimum atomic E-state index is 0.0306. The van der Waals surface area contributed by atoms with Crippen LogP contribution in [0.1, 0.15) is 36.5 Å². The molecule has 0 unspecified atom stereocenters. The van der Waals surface area contributed by atoms with Gasteiger partial charge in [-0.1, -0.05) is 19.0 Å². The number of nitrogens with zero attached hydrogens (tertiary/aromatic N) is 4. The van der Waals surface area contributed by atoms with Crippen LogP contribution >= 0.6 is 0 Å². The fourth-order valence-corrected chi connectivity index (χ4v) is 2.04. The normalized spacial score (nSPS) is 11.8. The van der Waals surface area contributed by atoms with Crippen molar-refractivity contribution in [3.63, 3.8) is 0 Å². The van der Waals surface area contributed by atoms with Gasteiger partial charge in [-0.3, -0.25) is 0 Å². The average Bonchev–Trinajstić information content (AvgIpc) is 2.89. The first-order chi connectivity index (χ1) is 9.60. The van der Waals surface area contributed by atoms with Crippen molar-refractivity contribution < 1.29 is 5.21 Å². The predicted molar refractivity (Wildman–Crippen MR) is 77.4 cm³/mol. The molecule has 2 rings (SSSR count). The second-order valence-corrected chi connectivity index (χ2v) is 4.55. The Morgan fingerprint density at radius 3 is 2.70 bits per heavy atom. The molecule has 0 aliphatic rings. The van der Waals surface area contributed by atoms with E-state index in [1.54, 1.807) is 10.7 Å². The van der Waals surface area contributed by atoms with E-state index in [4.69, 9.17) is 10.9 Å². The molecule has 0 aliphatic heterocycles. The van der Waals surface area contributed by atoms with Crippen LogP contribution in [0.2, 0.25) is 0 Å². The molecule has 0 fully saturated rings. The zero-order valence-electron chi connectivity index (χ0n) is 12.0. The second kappa shape index (κ2) is 5.73. The highest BCUT2D eigenvalue weighted by molar-refractivity contribution is 5.99. The minimum Gasteiger partial charge on any atom is -0.409 e. The van der Waals surface area contributed by atoms with Crippen LogP contribution in [0.3, 0.4) is 0 Å². The zero-order valence-corrected chi connectivity index (χ0v) is 12.0. The summed E-state index contributed by atoms with van der Waals surface area (Å²) < 4.78 is 1.78. The number of aromatic nitrogens is 3. The largest absolute Gasteiger partial charge is 0.409 e. The van der Waals surface area contributed by atoms with E-state index in [9.17, 15) is 0 Å². The fourth-order valence-electron chi connectivity index (χ4n) is 2.04. The fraction of sp³-hybridized carbons (Fsp3) is 0.357. The Labute approximate surface area is 117 Å². The van der Waals surface area contributed by atoms with Gasteiger partial charge in [-0.25, -0.2) is 9.67 Å². The highest BCUT2D eigenvalue weighted by Gasteiger charge is 2.15. The number of rotatable bonds is 4. The van der Waals surface area contributed by atoms with Gasteiger partial charge in [0.25, 0.3) is 0 Å². The first-order valence-electron chi connectivity index (χ1n) is 6.64. The molecule has 106 valence electrons. The molecule has 0 atom stereocenters. The Bertz CT molecular complexity index is 645. The highest BCUT2D eigenvalue weighted by atomic mass is 16.4. The summed E-state index contributed by atoms with van der Waals surface area (Å²) >= 11 is 0. The SMILES string of the molecule is CCc1cc(CC)n(-c2nc(C)ccc2/C(N)=N/O)n1. The number of hydrogen-bond donors (Lipinski definition) is 2. The quantitative estimate of drug-likeness (QED) is 0.385. The smallest absolute Gasteiger partial charge is 0.173 e. The Morgan fingerprint density at radius 2 is 2.10 bits per heavy atom. The van der Waals surface area contributed by atoms with Gasteiger partial charge < -0.3 is 10.9 Å². The number of nitrogens with two attached hydrogens (primary N) is 1. The zero-order chi connectivity index (χ0) is 14.7. The topological polar surface area (TPSA) is 89.3 Å². The number of pyridine rings is 1. The van der Waals surface area contributed by atoms with Gasteiger partial charge in [-0.05, 0) is 38.0 Å². The molecule has 0 aliphatic carbocycles.